The first-order chi connectivity index (χ1) is 12.1. The van der Waals surface area contributed by atoms with E-state index in [0.29, 0.717) is 31.1 Å². The summed E-state index contributed by atoms with van der Waals surface area (Å²) < 4.78 is 16.5. The molecule has 136 valence electrons. The quantitative estimate of drug-likeness (QED) is 0.839. The number of carbonyl (C=O) groups excluding carboxylic acids is 1. The molecule has 0 radical (unpaired) electrons. The number of ether oxygens (including phenoxy) is 3. The highest BCUT2D eigenvalue weighted by molar-refractivity contribution is 5.94. The predicted octanol–water partition coefficient (Wildman–Crippen LogP) is 1.56. The molecule has 2 aliphatic heterocycles. The third kappa shape index (κ3) is 4.70. The van der Waals surface area contributed by atoms with Crippen molar-refractivity contribution in [3.8, 4) is 5.75 Å². The SMILES string of the molecule is O=C(O)CC1COCCN1C(=O)c1ccc(OCC2CCCO2)cc1. The molecule has 2 heterocycles. The molecule has 1 aromatic rings. The van der Waals surface area contributed by atoms with Crippen LogP contribution in [-0.2, 0) is 14.3 Å². The van der Waals surface area contributed by atoms with Crippen LogP contribution in [0.1, 0.15) is 29.6 Å². The van der Waals surface area contributed by atoms with Gasteiger partial charge in [-0.25, -0.2) is 0 Å². The topological polar surface area (TPSA) is 85.3 Å². The number of amides is 1. The van der Waals surface area contributed by atoms with E-state index in [1.165, 1.54) is 0 Å². The van der Waals surface area contributed by atoms with Gasteiger partial charge in [0.25, 0.3) is 5.91 Å². The molecule has 7 nitrogen and oxygen atoms in total. The van der Waals surface area contributed by atoms with E-state index in [9.17, 15) is 9.59 Å². The van der Waals surface area contributed by atoms with E-state index < -0.39 is 12.0 Å². The fraction of sp³-hybridized carbons (Fsp3) is 0.556. The number of morpholine rings is 1. The summed E-state index contributed by atoms with van der Waals surface area (Å²) in [4.78, 5) is 25.2. The van der Waals surface area contributed by atoms with Crippen molar-refractivity contribution < 1.29 is 28.9 Å². The molecule has 0 aliphatic carbocycles. The van der Waals surface area contributed by atoms with E-state index in [0.717, 1.165) is 19.4 Å². The average molecular weight is 349 g/mol. The number of rotatable bonds is 6. The maximum Gasteiger partial charge on any atom is 0.305 e. The maximum atomic E-state index is 12.7. The molecule has 2 unspecified atom stereocenters. The standard InChI is InChI=1S/C18H23NO6/c20-17(21)10-14-11-23-9-7-19(14)18(22)13-3-5-15(6-4-13)25-12-16-2-1-8-24-16/h3-6,14,16H,1-2,7-12H2,(H,20,21). The second-order valence-electron chi connectivity index (χ2n) is 6.30. The van der Waals surface area contributed by atoms with Gasteiger partial charge in [-0.3, -0.25) is 9.59 Å². The van der Waals surface area contributed by atoms with Crippen molar-refractivity contribution in [1.82, 2.24) is 4.90 Å². The lowest BCUT2D eigenvalue weighted by atomic mass is 10.1. The Morgan fingerprint density at radius 1 is 1.24 bits per heavy atom. The van der Waals surface area contributed by atoms with Gasteiger partial charge in [-0.05, 0) is 37.1 Å². The van der Waals surface area contributed by atoms with Gasteiger partial charge in [-0.2, -0.15) is 0 Å². The number of benzene rings is 1. The zero-order valence-corrected chi connectivity index (χ0v) is 14.1. The van der Waals surface area contributed by atoms with Gasteiger partial charge in [-0.1, -0.05) is 0 Å². The van der Waals surface area contributed by atoms with Gasteiger partial charge in [0.1, 0.15) is 12.4 Å². The smallest absolute Gasteiger partial charge is 0.305 e. The Labute approximate surface area is 146 Å². The number of carboxylic acid groups (broad SMARTS) is 1. The van der Waals surface area contributed by atoms with Crippen LogP contribution >= 0.6 is 0 Å². The minimum absolute atomic E-state index is 0.117. The lowest BCUT2D eigenvalue weighted by Gasteiger charge is -2.34. The molecule has 0 saturated carbocycles. The Balaban J connectivity index is 1.59. The van der Waals surface area contributed by atoms with Crippen LogP contribution in [-0.4, -0.2) is 67.0 Å². The number of hydrogen-bond acceptors (Lipinski definition) is 5. The van der Waals surface area contributed by atoms with Gasteiger partial charge in [-0.15, -0.1) is 0 Å². The number of carboxylic acids is 1. The average Bonchev–Trinajstić information content (AvgIpc) is 3.13. The molecule has 7 heteroatoms. The Bertz CT molecular complexity index is 596. The summed E-state index contributed by atoms with van der Waals surface area (Å²) in [6.45, 7) is 2.37. The Kier molecular flexibility index (Phi) is 5.88. The summed E-state index contributed by atoms with van der Waals surface area (Å²) in [6.07, 6.45) is 2.11. The molecule has 0 aromatic heterocycles. The molecule has 0 spiro atoms. The molecule has 1 amide bonds. The van der Waals surface area contributed by atoms with Crippen LogP contribution in [0.25, 0.3) is 0 Å². The highest BCUT2D eigenvalue weighted by Gasteiger charge is 2.29. The molecule has 2 atom stereocenters. The van der Waals surface area contributed by atoms with Crippen molar-refractivity contribution >= 4 is 11.9 Å². The fourth-order valence-corrected chi connectivity index (χ4v) is 3.12. The van der Waals surface area contributed by atoms with Crippen molar-refractivity contribution in [2.75, 3.05) is 33.0 Å². The zero-order valence-electron chi connectivity index (χ0n) is 14.1. The van der Waals surface area contributed by atoms with Crippen LogP contribution in [0.4, 0.5) is 0 Å². The van der Waals surface area contributed by atoms with Crippen LogP contribution in [0.5, 0.6) is 5.75 Å². The predicted molar refractivity (Wildman–Crippen MR) is 88.8 cm³/mol. The molecule has 2 aliphatic rings. The lowest BCUT2D eigenvalue weighted by molar-refractivity contribution is -0.139. The monoisotopic (exact) mass is 349 g/mol. The van der Waals surface area contributed by atoms with Gasteiger partial charge in [0.15, 0.2) is 0 Å². The van der Waals surface area contributed by atoms with E-state index in [1.54, 1.807) is 29.2 Å². The molecule has 1 N–H and O–H groups in total. The molecule has 3 rings (SSSR count). The van der Waals surface area contributed by atoms with Crippen molar-refractivity contribution in [2.45, 2.75) is 31.4 Å². The first kappa shape index (κ1) is 17.7. The van der Waals surface area contributed by atoms with E-state index in [4.69, 9.17) is 19.3 Å². The second kappa shape index (κ2) is 8.31. The maximum absolute atomic E-state index is 12.7. The zero-order chi connectivity index (χ0) is 17.6. The summed E-state index contributed by atoms with van der Waals surface area (Å²) in [5, 5.41) is 9.00. The van der Waals surface area contributed by atoms with E-state index in [2.05, 4.69) is 0 Å². The second-order valence-corrected chi connectivity index (χ2v) is 6.30. The van der Waals surface area contributed by atoms with Crippen LogP contribution in [0, 0.1) is 0 Å². The van der Waals surface area contributed by atoms with Crippen molar-refractivity contribution in [3.05, 3.63) is 29.8 Å². The molecule has 1 aromatic carbocycles. The molecular weight excluding hydrogens is 326 g/mol. The minimum atomic E-state index is -0.939. The summed E-state index contributed by atoms with van der Waals surface area (Å²) in [5.74, 6) is -0.428. The van der Waals surface area contributed by atoms with Gasteiger partial charge >= 0.3 is 5.97 Å². The first-order valence-corrected chi connectivity index (χ1v) is 8.58. The lowest BCUT2D eigenvalue weighted by Crippen LogP contribution is -2.49. The number of aliphatic carboxylic acids is 1. The number of nitrogens with zero attached hydrogens (tertiary/aromatic N) is 1. The van der Waals surface area contributed by atoms with Crippen LogP contribution < -0.4 is 4.74 Å². The van der Waals surface area contributed by atoms with E-state index in [1.807, 2.05) is 0 Å². The Hall–Kier alpha value is -2.12. The van der Waals surface area contributed by atoms with Crippen molar-refractivity contribution in [3.63, 3.8) is 0 Å². The van der Waals surface area contributed by atoms with Gasteiger partial charge in [0, 0.05) is 18.7 Å². The largest absolute Gasteiger partial charge is 0.491 e. The van der Waals surface area contributed by atoms with E-state index >= 15 is 0 Å². The van der Waals surface area contributed by atoms with Crippen molar-refractivity contribution in [1.29, 1.82) is 0 Å². The minimum Gasteiger partial charge on any atom is -0.491 e. The highest BCUT2D eigenvalue weighted by Crippen LogP contribution is 2.19. The number of carbonyl (C=O) groups is 2. The van der Waals surface area contributed by atoms with Gasteiger partial charge in [0.05, 0.1) is 31.8 Å². The first-order valence-electron chi connectivity index (χ1n) is 8.58. The van der Waals surface area contributed by atoms with Gasteiger partial charge < -0.3 is 24.2 Å². The summed E-state index contributed by atoms with van der Waals surface area (Å²) >= 11 is 0. The van der Waals surface area contributed by atoms with Crippen molar-refractivity contribution in [2.24, 2.45) is 0 Å². The molecular formula is C18H23NO6. The fourth-order valence-electron chi connectivity index (χ4n) is 3.12. The summed E-state index contributed by atoms with van der Waals surface area (Å²) in [6, 6.07) is 6.50. The molecule has 25 heavy (non-hydrogen) atoms. The number of hydrogen-bond donors (Lipinski definition) is 1. The van der Waals surface area contributed by atoms with Gasteiger partial charge in [0.2, 0.25) is 0 Å². The third-order valence-electron chi connectivity index (χ3n) is 4.46. The third-order valence-corrected chi connectivity index (χ3v) is 4.46. The molecule has 0 bridgehead atoms. The highest BCUT2D eigenvalue weighted by atomic mass is 16.5. The van der Waals surface area contributed by atoms with Crippen LogP contribution in [0.2, 0.25) is 0 Å². The van der Waals surface area contributed by atoms with E-state index in [-0.39, 0.29) is 25.0 Å². The molecule has 2 fully saturated rings. The molecule has 2 saturated heterocycles. The Morgan fingerprint density at radius 2 is 2.04 bits per heavy atom. The van der Waals surface area contributed by atoms with Crippen LogP contribution in [0.15, 0.2) is 24.3 Å². The normalized spacial score (nSPS) is 23.4. The summed E-state index contributed by atoms with van der Waals surface area (Å²) in [5.41, 5.74) is 0.516. The van der Waals surface area contributed by atoms with Crippen LogP contribution in [0.3, 0.4) is 0 Å². The summed E-state index contributed by atoms with van der Waals surface area (Å²) in [7, 11) is 0. The Morgan fingerprint density at radius 3 is 2.72 bits per heavy atom.